The van der Waals surface area contributed by atoms with Crippen LogP contribution < -0.4 is 53.6 Å². The number of nitrogens with two attached hydrogens (primary N) is 1. The number of benzene rings is 3. The minimum atomic E-state index is -1.98. The van der Waals surface area contributed by atoms with E-state index in [9.17, 15) is 49.2 Å². The molecular formula is C69H93N15O16. The Hall–Kier alpha value is -9.98. The van der Waals surface area contributed by atoms with E-state index in [0.29, 0.717) is 57.8 Å². The molecule has 2 aromatic heterocycles. The zero-order valence-electron chi connectivity index (χ0n) is 56.7. The predicted molar refractivity (Wildman–Crippen MR) is 364 cm³/mol. The summed E-state index contributed by atoms with van der Waals surface area (Å²) in [6, 6.07) is 1.82. The van der Waals surface area contributed by atoms with Gasteiger partial charge in [0.2, 0.25) is 59.1 Å². The summed E-state index contributed by atoms with van der Waals surface area (Å²) in [7, 11) is 1.24. The zero-order chi connectivity index (χ0) is 72.5. The molecule has 0 bridgehead atoms. The number of hydrogen-bond donors (Lipinski definition) is 16. The van der Waals surface area contributed by atoms with Gasteiger partial charge in [-0.2, -0.15) is 0 Å². The van der Waals surface area contributed by atoms with Gasteiger partial charge in [0.25, 0.3) is 11.8 Å². The number of fused-ring (bicyclic) bond motifs is 3. The minimum Gasteiger partial charge on any atom is -0.508 e. The summed E-state index contributed by atoms with van der Waals surface area (Å²) in [6.45, 7) is 4.30. The Labute approximate surface area is 577 Å². The van der Waals surface area contributed by atoms with Gasteiger partial charge in [0, 0.05) is 80.1 Å². The number of nitrogens with zero attached hydrogens (tertiary/aromatic N) is 3. The van der Waals surface area contributed by atoms with Crippen molar-refractivity contribution in [2.45, 2.75) is 171 Å². The molecule has 3 fully saturated rings. The summed E-state index contributed by atoms with van der Waals surface area (Å²) in [5, 5.41) is 66.9. The number of aliphatic hydroxyl groups is 3. The second kappa shape index (κ2) is 35.2. The maximum atomic E-state index is 15.2. The van der Waals surface area contributed by atoms with Gasteiger partial charge >= 0.3 is 0 Å². The molecule has 0 saturated carbocycles. The third kappa shape index (κ3) is 18.9. The average molecular weight is 1390 g/mol. The molecule has 5 heterocycles. The van der Waals surface area contributed by atoms with Crippen molar-refractivity contribution in [3.05, 3.63) is 102 Å². The van der Waals surface area contributed by atoms with Crippen molar-refractivity contribution >= 4 is 92.7 Å². The summed E-state index contributed by atoms with van der Waals surface area (Å²) in [4.78, 5) is 186. The molecule has 540 valence electrons. The molecule has 3 aliphatic rings. The summed E-state index contributed by atoms with van der Waals surface area (Å²) in [5.74, 6) is -12.6. The van der Waals surface area contributed by atoms with Gasteiger partial charge in [-0.25, -0.2) is 0 Å². The number of unbranched alkanes of at least 4 members (excludes halogenated alkanes) is 1. The van der Waals surface area contributed by atoms with Crippen LogP contribution in [0.2, 0.25) is 0 Å². The van der Waals surface area contributed by atoms with Gasteiger partial charge in [-0.15, -0.1) is 0 Å². The summed E-state index contributed by atoms with van der Waals surface area (Å²) in [6.07, 6.45) is 3.04. The molecule has 31 nitrogen and oxygen atoms in total. The highest BCUT2D eigenvalue weighted by molar-refractivity contribution is 6.09. The summed E-state index contributed by atoms with van der Waals surface area (Å²) in [5.41, 5.74) is 8.69. The van der Waals surface area contributed by atoms with Gasteiger partial charge in [0.15, 0.2) is 6.04 Å². The number of amides is 12. The van der Waals surface area contributed by atoms with E-state index in [0.717, 1.165) is 16.7 Å². The lowest BCUT2D eigenvalue weighted by Crippen LogP contribution is -2.63. The highest BCUT2D eigenvalue weighted by Gasteiger charge is 2.45. The number of aromatic hydroxyl groups is 1. The second-order valence-corrected chi connectivity index (χ2v) is 25.9. The van der Waals surface area contributed by atoms with Crippen molar-refractivity contribution in [1.82, 2.24) is 72.5 Å². The van der Waals surface area contributed by atoms with E-state index in [-0.39, 0.29) is 83.3 Å². The van der Waals surface area contributed by atoms with E-state index < -0.39 is 163 Å². The molecule has 0 unspecified atom stereocenters. The molecule has 100 heavy (non-hydrogen) atoms. The SMILES string of the molecule is CC[C@H](C)[C@@H]1NC(=O)[C@H](CCCCN)NC(=O)[C@H](Cc2ccc(O)cc2)NC(=O)[C@H](Cc2c[nH]c3ccccc23)NC(=O)[C@H](CO)NC(=O)[C@H](CO)NC(=O)[C@H]([C@@H](C)O)NC(=O)[C@@H]2CCCN2C(=O)[C@@H](C)N(C)C(=O)[C@@H](C(=O)N2CCCC2)NC(=O)[C@H](Cc2c[nH]c3ccccc23)NC1=O. The molecule has 3 saturated heterocycles. The normalized spacial score (nSPS) is 25.8. The van der Waals surface area contributed by atoms with E-state index in [2.05, 4.69) is 57.8 Å². The largest absolute Gasteiger partial charge is 0.508 e. The van der Waals surface area contributed by atoms with Crippen LogP contribution in [0, 0.1) is 5.92 Å². The number of nitrogens with one attached hydrogen (secondary N) is 11. The Balaban J connectivity index is 1.20. The Morgan fingerprint density at radius 2 is 1.02 bits per heavy atom. The van der Waals surface area contributed by atoms with Crippen molar-refractivity contribution in [2.24, 2.45) is 11.7 Å². The first-order chi connectivity index (χ1) is 47.9. The number of aromatic amines is 2. The number of aromatic nitrogens is 2. The molecule has 5 aromatic rings. The first-order valence-electron chi connectivity index (χ1n) is 33.9. The molecule has 0 aliphatic carbocycles. The lowest BCUT2D eigenvalue weighted by atomic mass is 9.96. The number of rotatable bonds is 16. The van der Waals surface area contributed by atoms with Crippen LogP contribution in [0.25, 0.3) is 21.8 Å². The Morgan fingerprint density at radius 1 is 0.550 bits per heavy atom. The molecule has 12 amide bonds. The van der Waals surface area contributed by atoms with Gasteiger partial charge in [-0.1, -0.05) is 68.8 Å². The number of para-hydroxylation sites is 2. The Kier molecular flexibility index (Phi) is 26.7. The van der Waals surface area contributed by atoms with Crippen LogP contribution in [0.3, 0.4) is 0 Å². The van der Waals surface area contributed by atoms with Gasteiger partial charge in [-0.3, -0.25) is 57.5 Å². The highest BCUT2D eigenvalue weighted by Crippen LogP contribution is 2.25. The topological polar surface area (TPSA) is 461 Å². The molecule has 31 heteroatoms. The van der Waals surface area contributed by atoms with E-state index in [4.69, 9.17) is 5.73 Å². The quantitative estimate of drug-likeness (QED) is 0.0367. The molecule has 0 radical (unpaired) electrons. The lowest BCUT2D eigenvalue weighted by Gasteiger charge is -2.34. The molecular weight excluding hydrogens is 1290 g/mol. The van der Waals surface area contributed by atoms with Crippen molar-refractivity contribution in [1.29, 1.82) is 0 Å². The minimum absolute atomic E-state index is 0.0268. The monoisotopic (exact) mass is 1390 g/mol. The molecule has 17 N–H and O–H groups in total. The fourth-order valence-electron chi connectivity index (χ4n) is 12.6. The van der Waals surface area contributed by atoms with E-state index >= 15 is 28.8 Å². The van der Waals surface area contributed by atoms with E-state index in [1.165, 1.54) is 43.1 Å². The molecule has 0 spiro atoms. The number of carbonyl (C=O) groups excluding carboxylic acids is 12. The number of hydrogen-bond acceptors (Lipinski definition) is 17. The Morgan fingerprint density at radius 3 is 1.56 bits per heavy atom. The van der Waals surface area contributed by atoms with Crippen LogP contribution in [0.5, 0.6) is 5.75 Å². The van der Waals surface area contributed by atoms with Crippen LogP contribution in [0.1, 0.15) is 95.8 Å². The highest BCUT2D eigenvalue weighted by atomic mass is 16.3. The number of H-pyrrole nitrogens is 2. The van der Waals surface area contributed by atoms with Crippen molar-refractivity contribution in [3.63, 3.8) is 0 Å². The zero-order valence-corrected chi connectivity index (χ0v) is 56.7. The number of phenolic OH excluding ortho intramolecular Hbond substituents is 1. The Bertz CT molecular complexity index is 3760. The van der Waals surface area contributed by atoms with Crippen molar-refractivity contribution in [3.8, 4) is 5.75 Å². The summed E-state index contributed by atoms with van der Waals surface area (Å²) >= 11 is 0. The lowest BCUT2D eigenvalue weighted by molar-refractivity contribution is -0.152. The third-order valence-corrected chi connectivity index (χ3v) is 18.9. The number of likely N-dealkylation sites (tertiary alicyclic amines) is 1. The van der Waals surface area contributed by atoms with Gasteiger partial charge < -0.3 is 98.7 Å². The molecule has 3 aliphatic heterocycles. The van der Waals surface area contributed by atoms with Gasteiger partial charge in [0.1, 0.15) is 66.2 Å². The third-order valence-electron chi connectivity index (χ3n) is 18.9. The first-order valence-corrected chi connectivity index (χ1v) is 33.9. The van der Waals surface area contributed by atoms with Crippen LogP contribution in [-0.2, 0) is 76.8 Å². The van der Waals surface area contributed by atoms with Crippen LogP contribution in [0.4, 0.5) is 0 Å². The van der Waals surface area contributed by atoms with Crippen molar-refractivity contribution in [2.75, 3.05) is 46.4 Å². The van der Waals surface area contributed by atoms with E-state index in [1.54, 1.807) is 74.8 Å². The molecule has 13 atom stereocenters. The number of likely N-dealkylation sites (N-methyl/N-ethyl adjacent to an activating group) is 1. The maximum absolute atomic E-state index is 15.2. The first kappa shape index (κ1) is 75.8. The predicted octanol–water partition coefficient (Wildman–Crippen LogP) is -2.24. The van der Waals surface area contributed by atoms with Crippen LogP contribution in [-0.4, -0.2) is 235 Å². The smallest absolute Gasteiger partial charge is 0.255 e. The number of aliphatic hydroxyl groups excluding tert-OH is 3. The molecule has 8 rings (SSSR count). The standard InChI is InChI=1S/C69H93N15O16/c1-6-37(2)55-65(96)76-51(32-42-34-72-47-19-10-8-17-45(42)47)61(92)81-57(69(100)83-27-13-14-28-83)68(99)82(5)38(3)67(98)84-29-15-21-54(84)64(95)80-56(39(4)87)66(97)78-53(36-86)63(94)77-52(35-85)62(93)75-50(31-41-33-71-46-18-9-7-16-44(41)46)60(91)74-49(30-40-22-24-43(88)25-23-40)59(90)73-48(58(89)79-55)20-11-12-26-70/h7-10,16-19,22-25,33-34,37-39,48-57,71-72,85-88H,6,11-15,20-21,26-32,35-36,70H2,1-5H3,(H,73,90)(H,74,91)(H,75,93)(H,76,96)(H,77,94)(H,78,97)(H,79,89)(H,80,95)(H,81,92)/t37-,38+,39+,48-,49-,50-,51-,52-,53-,54-,55-,56-,57-/m0/s1. The fourth-order valence-corrected chi connectivity index (χ4v) is 12.6. The fraction of sp³-hybridized carbons (Fsp3) is 0.507. The average Bonchev–Trinajstić information content (AvgIpc) is 1.54. The van der Waals surface area contributed by atoms with Crippen LogP contribution in [0.15, 0.2) is 85.2 Å². The molecule has 3 aromatic carbocycles. The van der Waals surface area contributed by atoms with Crippen molar-refractivity contribution < 1.29 is 78.0 Å². The van der Waals surface area contributed by atoms with Gasteiger partial charge in [0.05, 0.1) is 19.3 Å². The van der Waals surface area contributed by atoms with Gasteiger partial charge in [-0.05, 0) is 112 Å². The van der Waals surface area contributed by atoms with Crippen LogP contribution >= 0.6 is 0 Å². The maximum Gasteiger partial charge on any atom is 0.255 e. The van der Waals surface area contributed by atoms with E-state index in [1.807, 2.05) is 0 Å². The second-order valence-electron chi connectivity index (χ2n) is 25.9. The summed E-state index contributed by atoms with van der Waals surface area (Å²) < 4.78 is 0. The number of carbonyl (C=O) groups is 12. The number of phenols is 1.